The van der Waals surface area contributed by atoms with Crippen LogP contribution in [0.25, 0.3) is 0 Å². The zero-order chi connectivity index (χ0) is 14.2. The summed E-state index contributed by atoms with van der Waals surface area (Å²) in [5.74, 6) is 0.988. The van der Waals surface area contributed by atoms with E-state index in [1.807, 2.05) is 18.2 Å². The molecule has 2 aromatic carbocycles. The van der Waals surface area contributed by atoms with Crippen molar-refractivity contribution in [2.24, 2.45) is 0 Å². The van der Waals surface area contributed by atoms with E-state index in [1.54, 1.807) is 0 Å². The lowest BCUT2D eigenvalue weighted by atomic mass is 10.1. The molecule has 0 aromatic heterocycles. The van der Waals surface area contributed by atoms with Crippen LogP contribution in [-0.4, -0.2) is 6.61 Å². The van der Waals surface area contributed by atoms with Crippen molar-refractivity contribution in [2.75, 3.05) is 6.61 Å². The van der Waals surface area contributed by atoms with E-state index in [9.17, 15) is 0 Å². The molecule has 1 atom stereocenters. The quantitative estimate of drug-likeness (QED) is 0.808. The van der Waals surface area contributed by atoms with Crippen LogP contribution in [0, 0.1) is 0 Å². The Morgan fingerprint density at radius 2 is 1.70 bits per heavy atom. The first-order valence-electron chi connectivity index (χ1n) is 7.30. The molecule has 1 unspecified atom stereocenters. The summed E-state index contributed by atoms with van der Waals surface area (Å²) in [6, 6.07) is 19.1. The van der Waals surface area contributed by atoms with Crippen LogP contribution in [0.1, 0.15) is 37.4 Å². The third kappa shape index (κ3) is 4.10. The SMILES string of the molecule is CCCOc1ccccc1CNC(C)c1ccccc1. The minimum atomic E-state index is 0.329. The van der Waals surface area contributed by atoms with Crippen LogP contribution in [-0.2, 0) is 6.54 Å². The van der Waals surface area contributed by atoms with Crippen LogP contribution in [0.5, 0.6) is 5.75 Å². The summed E-state index contributed by atoms with van der Waals surface area (Å²) in [6.07, 6.45) is 1.03. The molecule has 0 fully saturated rings. The molecule has 0 bridgehead atoms. The van der Waals surface area contributed by atoms with Gasteiger partial charge in [0.25, 0.3) is 0 Å². The molecule has 2 heteroatoms. The molecule has 0 saturated heterocycles. The predicted molar refractivity (Wildman–Crippen MR) is 83.9 cm³/mol. The van der Waals surface area contributed by atoms with E-state index in [2.05, 4.69) is 55.6 Å². The number of benzene rings is 2. The Morgan fingerprint density at radius 3 is 2.45 bits per heavy atom. The van der Waals surface area contributed by atoms with Gasteiger partial charge in [0.2, 0.25) is 0 Å². The highest BCUT2D eigenvalue weighted by Crippen LogP contribution is 2.19. The number of ether oxygens (including phenoxy) is 1. The maximum Gasteiger partial charge on any atom is 0.123 e. The maximum absolute atomic E-state index is 5.78. The fourth-order valence-electron chi connectivity index (χ4n) is 2.13. The van der Waals surface area contributed by atoms with E-state index in [0.29, 0.717) is 6.04 Å². The normalized spacial score (nSPS) is 12.1. The summed E-state index contributed by atoms with van der Waals surface area (Å²) in [5.41, 5.74) is 2.52. The minimum Gasteiger partial charge on any atom is -0.493 e. The van der Waals surface area contributed by atoms with Gasteiger partial charge in [-0.25, -0.2) is 0 Å². The average molecular weight is 269 g/mol. The van der Waals surface area contributed by atoms with Gasteiger partial charge in [-0.15, -0.1) is 0 Å². The van der Waals surface area contributed by atoms with Gasteiger partial charge < -0.3 is 10.1 Å². The molecule has 106 valence electrons. The summed E-state index contributed by atoms with van der Waals surface area (Å²) in [6.45, 7) is 5.89. The van der Waals surface area contributed by atoms with Gasteiger partial charge in [-0.2, -0.15) is 0 Å². The van der Waals surface area contributed by atoms with Crippen LogP contribution < -0.4 is 10.1 Å². The van der Waals surface area contributed by atoms with Crippen molar-refractivity contribution in [3.05, 3.63) is 65.7 Å². The van der Waals surface area contributed by atoms with Gasteiger partial charge in [-0.3, -0.25) is 0 Å². The van der Waals surface area contributed by atoms with Crippen LogP contribution >= 0.6 is 0 Å². The third-order valence-corrected chi connectivity index (χ3v) is 3.33. The molecule has 2 aromatic rings. The Kier molecular flexibility index (Phi) is 5.63. The second kappa shape index (κ2) is 7.71. The van der Waals surface area contributed by atoms with E-state index in [1.165, 1.54) is 11.1 Å². The predicted octanol–water partition coefficient (Wildman–Crippen LogP) is 4.33. The standard InChI is InChI=1S/C18H23NO/c1-3-13-20-18-12-8-7-11-17(18)14-19-15(2)16-9-5-4-6-10-16/h4-12,15,19H,3,13-14H2,1-2H3. The summed E-state index contributed by atoms with van der Waals surface area (Å²) in [7, 11) is 0. The van der Waals surface area contributed by atoms with Crippen LogP contribution in [0.2, 0.25) is 0 Å². The third-order valence-electron chi connectivity index (χ3n) is 3.33. The van der Waals surface area contributed by atoms with Crippen molar-refractivity contribution < 1.29 is 4.74 Å². The molecule has 0 aliphatic heterocycles. The highest BCUT2D eigenvalue weighted by Gasteiger charge is 2.07. The van der Waals surface area contributed by atoms with Crippen molar-refractivity contribution in [1.82, 2.24) is 5.32 Å². The molecule has 0 amide bonds. The van der Waals surface area contributed by atoms with Crippen LogP contribution in [0.4, 0.5) is 0 Å². The molecule has 0 aliphatic rings. The lowest BCUT2D eigenvalue weighted by Crippen LogP contribution is -2.18. The van der Waals surface area contributed by atoms with Gasteiger partial charge in [0, 0.05) is 18.2 Å². The maximum atomic E-state index is 5.78. The van der Waals surface area contributed by atoms with Crippen LogP contribution in [0.3, 0.4) is 0 Å². The molecule has 2 nitrogen and oxygen atoms in total. The van der Waals surface area contributed by atoms with Crippen molar-refractivity contribution in [3.63, 3.8) is 0 Å². The van der Waals surface area contributed by atoms with Crippen molar-refractivity contribution in [1.29, 1.82) is 0 Å². The fraction of sp³-hybridized carbons (Fsp3) is 0.333. The first-order chi connectivity index (χ1) is 9.81. The Morgan fingerprint density at radius 1 is 1.00 bits per heavy atom. The Hall–Kier alpha value is -1.80. The highest BCUT2D eigenvalue weighted by atomic mass is 16.5. The first kappa shape index (κ1) is 14.6. The molecular formula is C18H23NO. The molecule has 0 spiro atoms. The van der Waals surface area contributed by atoms with Gasteiger partial charge in [-0.1, -0.05) is 55.5 Å². The molecule has 2 rings (SSSR count). The second-order valence-electron chi connectivity index (χ2n) is 4.97. The van der Waals surface area contributed by atoms with Crippen molar-refractivity contribution in [3.8, 4) is 5.75 Å². The van der Waals surface area contributed by atoms with E-state index >= 15 is 0 Å². The van der Waals surface area contributed by atoms with E-state index in [-0.39, 0.29) is 0 Å². The monoisotopic (exact) mass is 269 g/mol. The number of para-hydroxylation sites is 1. The Labute approximate surface area is 121 Å². The van der Waals surface area contributed by atoms with Gasteiger partial charge >= 0.3 is 0 Å². The summed E-state index contributed by atoms with van der Waals surface area (Å²) in [4.78, 5) is 0. The lowest BCUT2D eigenvalue weighted by molar-refractivity contribution is 0.313. The Bertz CT molecular complexity index is 510. The lowest BCUT2D eigenvalue weighted by Gasteiger charge is -2.16. The highest BCUT2D eigenvalue weighted by molar-refractivity contribution is 5.33. The molecule has 0 aliphatic carbocycles. The largest absolute Gasteiger partial charge is 0.493 e. The molecule has 20 heavy (non-hydrogen) atoms. The molecular weight excluding hydrogens is 246 g/mol. The van der Waals surface area contributed by atoms with Crippen molar-refractivity contribution >= 4 is 0 Å². The summed E-state index contributed by atoms with van der Waals surface area (Å²) >= 11 is 0. The average Bonchev–Trinajstić information content (AvgIpc) is 2.52. The van der Waals surface area contributed by atoms with Gasteiger partial charge in [0.15, 0.2) is 0 Å². The van der Waals surface area contributed by atoms with Gasteiger partial charge in [0.1, 0.15) is 5.75 Å². The van der Waals surface area contributed by atoms with Crippen LogP contribution in [0.15, 0.2) is 54.6 Å². The minimum absolute atomic E-state index is 0.329. The van der Waals surface area contributed by atoms with Gasteiger partial charge in [-0.05, 0) is 25.0 Å². The van der Waals surface area contributed by atoms with Gasteiger partial charge in [0.05, 0.1) is 6.61 Å². The number of nitrogens with one attached hydrogen (secondary N) is 1. The van der Waals surface area contributed by atoms with Crippen molar-refractivity contribution in [2.45, 2.75) is 32.9 Å². The number of hydrogen-bond acceptors (Lipinski definition) is 2. The molecule has 0 saturated carbocycles. The number of rotatable bonds is 7. The van der Waals surface area contributed by atoms with E-state index < -0.39 is 0 Å². The smallest absolute Gasteiger partial charge is 0.123 e. The summed E-state index contributed by atoms with van der Waals surface area (Å²) < 4.78 is 5.78. The molecule has 0 radical (unpaired) electrons. The topological polar surface area (TPSA) is 21.3 Å². The zero-order valence-corrected chi connectivity index (χ0v) is 12.3. The van der Waals surface area contributed by atoms with E-state index in [4.69, 9.17) is 4.74 Å². The zero-order valence-electron chi connectivity index (χ0n) is 12.3. The Balaban J connectivity index is 1.96. The molecule has 1 N–H and O–H groups in total. The first-order valence-corrected chi connectivity index (χ1v) is 7.30. The molecule has 0 heterocycles. The van der Waals surface area contributed by atoms with E-state index in [0.717, 1.165) is 25.3 Å². The second-order valence-corrected chi connectivity index (χ2v) is 4.97. The summed E-state index contributed by atoms with van der Waals surface area (Å²) in [5, 5.41) is 3.55. The number of hydrogen-bond donors (Lipinski definition) is 1. The fourth-order valence-corrected chi connectivity index (χ4v) is 2.13.